The van der Waals surface area contributed by atoms with Crippen molar-refractivity contribution < 1.29 is 0 Å². The highest BCUT2D eigenvalue weighted by molar-refractivity contribution is 7.17. The fraction of sp³-hybridized carbons (Fsp3) is 0.438. The molecule has 2 aromatic rings. The third kappa shape index (κ3) is 2.51. The first-order chi connectivity index (χ1) is 9.40. The third-order valence-electron chi connectivity index (χ3n) is 3.93. The van der Waals surface area contributed by atoms with Crippen molar-refractivity contribution in [2.75, 3.05) is 13.1 Å². The molecule has 0 saturated carbocycles. The van der Waals surface area contributed by atoms with E-state index < -0.39 is 0 Å². The van der Waals surface area contributed by atoms with Gasteiger partial charge in [-0.1, -0.05) is 31.0 Å². The van der Waals surface area contributed by atoms with Gasteiger partial charge in [0, 0.05) is 10.3 Å². The number of hydrogen-bond donors (Lipinski definition) is 0. The molecule has 0 amide bonds. The number of rotatable bonds is 2. The maximum atomic E-state index is 9.61. The van der Waals surface area contributed by atoms with Crippen molar-refractivity contribution in [2.45, 2.75) is 31.7 Å². The van der Waals surface area contributed by atoms with E-state index in [1.165, 1.54) is 41.3 Å². The summed E-state index contributed by atoms with van der Waals surface area (Å²) < 4.78 is 1.28. The number of nitriles is 1. The molecule has 1 aromatic heterocycles. The van der Waals surface area contributed by atoms with Crippen LogP contribution >= 0.6 is 11.3 Å². The predicted molar refractivity (Wildman–Crippen MR) is 80.2 cm³/mol. The summed E-state index contributed by atoms with van der Waals surface area (Å²) in [5.74, 6) is 0. The minimum absolute atomic E-state index is 0.0748. The Kier molecular flexibility index (Phi) is 3.82. The minimum Gasteiger partial charge on any atom is -0.284 e. The fourth-order valence-electron chi connectivity index (χ4n) is 2.91. The van der Waals surface area contributed by atoms with Gasteiger partial charge in [-0.3, -0.25) is 4.90 Å². The highest BCUT2D eigenvalue weighted by Crippen LogP contribution is 2.33. The molecule has 1 aliphatic rings. The van der Waals surface area contributed by atoms with Crippen LogP contribution in [0.4, 0.5) is 0 Å². The number of hydrogen-bond acceptors (Lipinski definition) is 3. The quantitative estimate of drug-likeness (QED) is 0.811. The molecule has 1 unspecified atom stereocenters. The lowest BCUT2D eigenvalue weighted by Gasteiger charge is -2.25. The van der Waals surface area contributed by atoms with Crippen LogP contribution in [0.25, 0.3) is 10.1 Å². The first-order valence-electron chi connectivity index (χ1n) is 7.00. The zero-order valence-corrected chi connectivity index (χ0v) is 11.8. The summed E-state index contributed by atoms with van der Waals surface area (Å²) in [6, 6.07) is 10.9. The Morgan fingerprint density at radius 2 is 1.84 bits per heavy atom. The maximum absolute atomic E-state index is 9.61. The SMILES string of the molecule is N#CC(c1csc2ccccc12)N1CCCCCC1. The molecule has 1 aliphatic heterocycles. The average Bonchev–Trinajstić information content (AvgIpc) is 2.69. The van der Waals surface area contributed by atoms with Gasteiger partial charge in [-0.2, -0.15) is 5.26 Å². The van der Waals surface area contributed by atoms with E-state index in [0.717, 1.165) is 13.1 Å². The van der Waals surface area contributed by atoms with Crippen LogP contribution in [0.1, 0.15) is 37.3 Å². The molecule has 98 valence electrons. The van der Waals surface area contributed by atoms with Gasteiger partial charge in [0.1, 0.15) is 6.04 Å². The van der Waals surface area contributed by atoms with Crippen LogP contribution in [-0.2, 0) is 0 Å². The van der Waals surface area contributed by atoms with Crippen molar-refractivity contribution in [3.8, 4) is 6.07 Å². The summed E-state index contributed by atoms with van der Waals surface area (Å²) in [6.45, 7) is 2.12. The van der Waals surface area contributed by atoms with Gasteiger partial charge in [-0.15, -0.1) is 11.3 Å². The maximum Gasteiger partial charge on any atom is 0.125 e. The third-order valence-corrected chi connectivity index (χ3v) is 4.92. The van der Waals surface area contributed by atoms with E-state index in [1.54, 1.807) is 11.3 Å². The van der Waals surface area contributed by atoms with Crippen LogP contribution < -0.4 is 0 Å². The average molecular weight is 270 g/mol. The van der Waals surface area contributed by atoms with Crippen LogP contribution in [0.2, 0.25) is 0 Å². The van der Waals surface area contributed by atoms with E-state index in [-0.39, 0.29) is 6.04 Å². The zero-order chi connectivity index (χ0) is 13.1. The summed E-state index contributed by atoms with van der Waals surface area (Å²) in [5.41, 5.74) is 1.20. The fourth-order valence-corrected chi connectivity index (χ4v) is 3.89. The van der Waals surface area contributed by atoms with Crippen LogP contribution in [0, 0.1) is 11.3 Å². The molecule has 0 aliphatic carbocycles. The second kappa shape index (κ2) is 5.73. The van der Waals surface area contributed by atoms with Gasteiger partial charge >= 0.3 is 0 Å². The molecule has 3 rings (SSSR count). The minimum atomic E-state index is -0.0748. The highest BCUT2D eigenvalue weighted by Gasteiger charge is 2.23. The van der Waals surface area contributed by atoms with Crippen molar-refractivity contribution in [2.24, 2.45) is 0 Å². The summed E-state index contributed by atoms with van der Waals surface area (Å²) in [7, 11) is 0. The number of benzene rings is 1. The van der Waals surface area contributed by atoms with Gasteiger partial charge in [0.25, 0.3) is 0 Å². The molecule has 19 heavy (non-hydrogen) atoms. The van der Waals surface area contributed by atoms with E-state index >= 15 is 0 Å². The second-order valence-electron chi connectivity index (χ2n) is 5.17. The summed E-state index contributed by atoms with van der Waals surface area (Å²) in [5, 5.41) is 13.0. The molecular formula is C16H18N2S. The first kappa shape index (κ1) is 12.7. The lowest BCUT2D eigenvalue weighted by atomic mass is 10.1. The topological polar surface area (TPSA) is 27.0 Å². The number of nitrogens with zero attached hydrogens (tertiary/aromatic N) is 2. The smallest absolute Gasteiger partial charge is 0.125 e. The molecule has 1 saturated heterocycles. The standard InChI is InChI=1S/C16H18N2S/c17-11-15(18-9-5-1-2-6-10-18)14-12-19-16-8-4-3-7-13(14)16/h3-4,7-8,12,15H,1-2,5-6,9-10H2. The van der Waals surface area contributed by atoms with Crippen LogP contribution in [0.5, 0.6) is 0 Å². The Labute approximate surface area is 118 Å². The van der Waals surface area contributed by atoms with Crippen molar-refractivity contribution >= 4 is 21.4 Å². The lowest BCUT2D eigenvalue weighted by Crippen LogP contribution is -2.28. The number of fused-ring (bicyclic) bond motifs is 1. The molecule has 1 aromatic carbocycles. The van der Waals surface area contributed by atoms with Crippen molar-refractivity contribution in [3.63, 3.8) is 0 Å². The molecule has 1 fully saturated rings. The van der Waals surface area contributed by atoms with E-state index in [4.69, 9.17) is 0 Å². The van der Waals surface area contributed by atoms with Gasteiger partial charge in [-0.05, 0) is 42.8 Å². The summed E-state index contributed by atoms with van der Waals surface area (Å²) in [6.07, 6.45) is 5.05. The zero-order valence-electron chi connectivity index (χ0n) is 11.0. The molecule has 2 heterocycles. The van der Waals surface area contributed by atoms with Gasteiger partial charge in [0.15, 0.2) is 0 Å². The Bertz CT molecular complexity index is 588. The van der Waals surface area contributed by atoms with E-state index in [0.29, 0.717) is 0 Å². The van der Waals surface area contributed by atoms with Crippen LogP contribution in [0.15, 0.2) is 29.6 Å². The van der Waals surface area contributed by atoms with Gasteiger partial charge in [0.05, 0.1) is 6.07 Å². The van der Waals surface area contributed by atoms with Gasteiger partial charge in [-0.25, -0.2) is 0 Å². The lowest BCUT2D eigenvalue weighted by molar-refractivity contribution is 0.247. The van der Waals surface area contributed by atoms with Crippen molar-refractivity contribution in [1.29, 1.82) is 5.26 Å². The summed E-state index contributed by atoms with van der Waals surface area (Å²) in [4.78, 5) is 2.36. The molecule has 0 bridgehead atoms. The Balaban J connectivity index is 1.95. The normalized spacial score (nSPS) is 18.9. The first-order valence-corrected chi connectivity index (χ1v) is 7.88. The molecule has 0 radical (unpaired) electrons. The Morgan fingerprint density at radius 1 is 1.11 bits per heavy atom. The van der Waals surface area contributed by atoms with Gasteiger partial charge < -0.3 is 0 Å². The predicted octanol–water partition coefficient (Wildman–Crippen LogP) is 4.34. The number of likely N-dealkylation sites (tertiary alicyclic amines) is 1. The van der Waals surface area contributed by atoms with Crippen LogP contribution in [0.3, 0.4) is 0 Å². The largest absolute Gasteiger partial charge is 0.284 e. The van der Waals surface area contributed by atoms with E-state index in [2.05, 4.69) is 40.6 Å². The Hall–Kier alpha value is -1.37. The van der Waals surface area contributed by atoms with E-state index in [1.807, 2.05) is 0 Å². The molecule has 0 N–H and O–H groups in total. The monoisotopic (exact) mass is 270 g/mol. The van der Waals surface area contributed by atoms with Crippen LogP contribution in [-0.4, -0.2) is 18.0 Å². The summed E-state index contributed by atoms with van der Waals surface area (Å²) >= 11 is 1.75. The highest BCUT2D eigenvalue weighted by atomic mass is 32.1. The molecule has 1 atom stereocenters. The van der Waals surface area contributed by atoms with Crippen molar-refractivity contribution in [3.05, 3.63) is 35.2 Å². The van der Waals surface area contributed by atoms with Gasteiger partial charge in [0.2, 0.25) is 0 Å². The second-order valence-corrected chi connectivity index (χ2v) is 6.08. The van der Waals surface area contributed by atoms with Crippen molar-refractivity contribution in [1.82, 2.24) is 4.90 Å². The molecule has 3 heteroatoms. The van der Waals surface area contributed by atoms with E-state index in [9.17, 15) is 5.26 Å². The number of thiophene rings is 1. The molecular weight excluding hydrogens is 252 g/mol. The Morgan fingerprint density at radius 3 is 2.58 bits per heavy atom. The molecule has 2 nitrogen and oxygen atoms in total. The molecule has 0 spiro atoms.